The lowest BCUT2D eigenvalue weighted by molar-refractivity contribution is -0.138. The molecular weight excluding hydrogens is 1590 g/mol. The fourth-order valence-electron chi connectivity index (χ4n) is 10.9. The molecule has 9 aromatic rings. The van der Waals surface area contributed by atoms with E-state index in [9.17, 15) is 31.9 Å². The summed E-state index contributed by atoms with van der Waals surface area (Å²) >= 11 is 18.1. The second-order valence-electron chi connectivity index (χ2n) is 23.9. The lowest BCUT2D eigenvalue weighted by Gasteiger charge is -2.33. The number of alkyl halides is 3. The summed E-state index contributed by atoms with van der Waals surface area (Å²) in [6.07, 6.45) is 16.6. The minimum absolute atomic E-state index is 0.0310. The molecule has 0 bridgehead atoms. The molecule has 3 aromatic heterocycles. The lowest BCUT2D eigenvalue weighted by atomic mass is 10.1. The van der Waals surface area contributed by atoms with Gasteiger partial charge in [-0.05, 0) is 142 Å². The van der Waals surface area contributed by atoms with Crippen LogP contribution in [0.1, 0.15) is 53.3 Å². The van der Waals surface area contributed by atoms with Crippen LogP contribution in [0, 0.1) is 46.4 Å². The van der Waals surface area contributed by atoms with Gasteiger partial charge in [0, 0.05) is 113 Å². The number of rotatable bonds is 24. The fraction of sp³-hybridized carbons (Fsp3) is 0.250. The van der Waals surface area contributed by atoms with Crippen molar-refractivity contribution < 1.29 is 46.2 Å². The predicted octanol–water partition coefficient (Wildman–Crippen LogP) is 12.3. The van der Waals surface area contributed by atoms with Crippen molar-refractivity contribution in [2.45, 2.75) is 55.4 Å². The molecule has 0 atom stereocenters. The molecule has 3 aliphatic heterocycles. The number of hydrogen-bond acceptors (Lipinski definition) is 21. The molecule has 3 aliphatic rings. The first-order valence-corrected chi connectivity index (χ1v) is 37.4. The van der Waals surface area contributed by atoms with Crippen molar-refractivity contribution in [1.29, 1.82) is 0 Å². The van der Waals surface area contributed by atoms with Crippen LogP contribution in [-0.4, -0.2) is 160 Å². The summed E-state index contributed by atoms with van der Waals surface area (Å²) in [4.78, 5) is 78.7. The zero-order chi connectivity index (χ0) is 76.0. The number of halogens is 7. The first-order chi connectivity index (χ1) is 51.6. The van der Waals surface area contributed by atoms with Gasteiger partial charge in [-0.15, -0.1) is 19.3 Å². The summed E-state index contributed by atoms with van der Waals surface area (Å²) in [6.45, 7) is 11.8. The number of anilines is 3. The van der Waals surface area contributed by atoms with Crippen LogP contribution < -0.4 is 46.1 Å². The minimum atomic E-state index is -4.74. The molecule has 0 unspecified atom stereocenters. The SMILES string of the molecule is C#CCN1CCN(c2ncc(Sc3ccc(C(N)=O)c(C(F)(F)F)c3)c(OCc3cccc(I)c3)n2)CC1.C#CCN1CCN(c2ncc(Sc3ccc(C(N)=O)cc3)c(OCc3ccc(F)c(Cl)c3)n2)CC1.C#CCN1CCN(c2ncc(Sc3ccc(C(N)=O)cc3)c(OCc3cccc(Cl)c3)n2)CC1. The fourth-order valence-corrected chi connectivity index (χ4v) is 14.4. The van der Waals surface area contributed by atoms with E-state index < -0.39 is 40.8 Å². The molecule has 12 rings (SSSR count). The summed E-state index contributed by atoms with van der Waals surface area (Å²) in [5.74, 6) is 8.21. The number of nitrogens with two attached hydrogens (primary N) is 3. The Morgan fingerprint density at radius 2 is 0.869 bits per heavy atom. The van der Waals surface area contributed by atoms with E-state index >= 15 is 0 Å². The van der Waals surface area contributed by atoms with Crippen LogP contribution in [0.25, 0.3) is 0 Å². The maximum absolute atomic E-state index is 13.6. The van der Waals surface area contributed by atoms with Crippen molar-refractivity contribution >= 4 is 117 Å². The third kappa shape index (κ3) is 23.5. The molecular formula is C76H70Cl2F4IN15O6S3. The van der Waals surface area contributed by atoms with Crippen LogP contribution in [0.5, 0.6) is 17.6 Å². The van der Waals surface area contributed by atoms with Crippen molar-refractivity contribution in [2.75, 3.05) is 113 Å². The number of carbonyl (C=O) groups excluding carboxylic acids is 3. The molecule has 3 saturated heterocycles. The number of carbonyl (C=O) groups is 3. The van der Waals surface area contributed by atoms with Crippen molar-refractivity contribution in [2.24, 2.45) is 17.2 Å². The lowest BCUT2D eigenvalue weighted by Crippen LogP contribution is -2.47. The quantitative estimate of drug-likeness (QED) is 0.0289. The van der Waals surface area contributed by atoms with Gasteiger partial charge < -0.3 is 46.1 Å². The van der Waals surface area contributed by atoms with Crippen molar-refractivity contribution in [3.8, 4) is 54.7 Å². The average Bonchev–Trinajstić information content (AvgIpc) is 1.02. The van der Waals surface area contributed by atoms with E-state index in [0.717, 1.165) is 119 Å². The van der Waals surface area contributed by atoms with E-state index in [1.165, 1.54) is 41.7 Å². The predicted molar refractivity (Wildman–Crippen MR) is 416 cm³/mol. The van der Waals surface area contributed by atoms with E-state index in [1.54, 1.807) is 61.1 Å². The Labute approximate surface area is 653 Å². The van der Waals surface area contributed by atoms with Gasteiger partial charge in [-0.3, -0.25) is 29.1 Å². The molecule has 6 N–H and O–H groups in total. The summed E-state index contributed by atoms with van der Waals surface area (Å²) in [7, 11) is 0. The zero-order valence-corrected chi connectivity index (χ0v) is 63.4. The first kappa shape index (κ1) is 80.0. The smallest absolute Gasteiger partial charge is 0.417 e. The molecule has 31 heteroatoms. The Morgan fingerprint density at radius 1 is 0.486 bits per heavy atom. The Hall–Kier alpha value is -9.59. The molecule has 552 valence electrons. The minimum Gasteiger partial charge on any atom is -0.472 e. The van der Waals surface area contributed by atoms with Gasteiger partial charge in [0.2, 0.25) is 53.2 Å². The summed E-state index contributed by atoms with van der Waals surface area (Å²) in [5, 5.41) is 0.682. The molecule has 0 saturated carbocycles. The number of hydrogen-bond donors (Lipinski definition) is 3. The van der Waals surface area contributed by atoms with Crippen LogP contribution in [0.3, 0.4) is 0 Å². The van der Waals surface area contributed by atoms with Gasteiger partial charge in [0.1, 0.15) is 25.6 Å². The number of aromatic nitrogens is 6. The third-order valence-electron chi connectivity index (χ3n) is 16.5. The van der Waals surface area contributed by atoms with Crippen LogP contribution in [0.2, 0.25) is 10.0 Å². The normalized spacial score (nSPS) is 14.0. The molecule has 0 aliphatic carbocycles. The second kappa shape index (κ2) is 38.8. The number of terminal acetylenes is 3. The number of ether oxygens (including phenoxy) is 3. The maximum atomic E-state index is 13.6. The van der Waals surface area contributed by atoms with Gasteiger partial charge in [0.05, 0.1) is 69.1 Å². The zero-order valence-electron chi connectivity index (χ0n) is 57.3. The molecule has 21 nitrogen and oxygen atoms in total. The van der Waals surface area contributed by atoms with Gasteiger partial charge >= 0.3 is 6.18 Å². The van der Waals surface area contributed by atoms with Gasteiger partial charge in [-0.25, -0.2) is 19.3 Å². The van der Waals surface area contributed by atoms with E-state index in [1.807, 2.05) is 65.6 Å². The molecule has 0 spiro atoms. The van der Waals surface area contributed by atoms with Gasteiger partial charge in [-0.2, -0.15) is 28.1 Å². The van der Waals surface area contributed by atoms with E-state index in [-0.39, 0.29) is 29.0 Å². The van der Waals surface area contributed by atoms with Crippen LogP contribution in [0.4, 0.5) is 35.4 Å². The molecule has 3 fully saturated rings. The number of benzene rings is 6. The highest BCUT2D eigenvalue weighted by molar-refractivity contribution is 14.1. The summed E-state index contributed by atoms with van der Waals surface area (Å²) < 4.78 is 73.6. The highest BCUT2D eigenvalue weighted by atomic mass is 127. The Bertz CT molecular complexity index is 4730. The van der Waals surface area contributed by atoms with E-state index in [0.29, 0.717) is 100 Å². The van der Waals surface area contributed by atoms with Crippen LogP contribution >= 0.6 is 81.1 Å². The van der Waals surface area contributed by atoms with Crippen molar-refractivity contribution in [3.63, 3.8) is 0 Å². The molecule has 6 heterocycles. The monoisotopic (exact) mass is 1660 g/mol. The summed E-state index contributed by atoms with van der Waals surface area (Å²) in [5.41, 5.74) is 17.6. The number of amides is 3. The van der Waals surface area contributed by atoms with Crippen LogP contribution in [-0.2, 0) is 26.0 Å². The highest BCUT2D eigenvalue weighted by Gasteiger charge is 2.36. The summed E-state index contributed by atoms with van der Waals surface area (Å²) in [6, 6.07) is 37.1. The maximum Gasteiger partial charge on any atom is 0.417 e. The van der Waals surface area contributed by atoms with Crippen molar-refractivity contribution in [3.05, 3.63) is 210 Å². The Kier molecular flexibility index (Phi) is 29.0. The van der Waals surface area contributed by atoms with E-state index in [2.05, 4.69) is 84.8 Å². The molecule has 0 radical (unpaired) electrons. The van der Waals surface area contributed by atoms with Gasteiger partial charge in [-0.1, -0.05) is 107 Å². The first-order valence-electron chi connectivity index (χ1n) is 33.1. The number of piperazine rings is 3. The number of nitrogens with zero attached hydrogens (tertiary/aromatic N) is 12. The molecule has 3 amide bonds. The van der Waals surface area contributed by atoms with Gasteiger partial charge in [0.15, 0.2) is 0 Å². The Morgan fingerprint density at radius 3 is 1.23 bits per heavy atom. The van der Waals surface area contributed by atoms with Crippen molar-refractivity contribution in [1.82, 2.24) is 44.6 Å². The van der Waals surface area contributed by atoms with Gasteiger partial charge in [0.25, 0.3) is 0 Å². The standard InChI is InChI=1S/C26H23F3IN5O2S.C25H23ClFN5O2S.C25H24ClN5O2S/c1-2-8-34-9-11-35(12-10-34)25-32-15-22(24(33-25)37-16-17-4-3-5-18(30)13-17)38-19-6-7-20(23(31)36)21(14-19)26(27,28)29;1-2-9-31-10-12-32(13-11-31)25-29-15-22(35-19-6-4-18(5-7-19)23(28)33)24(30-25)34-16-17-3-8-21(27)20(26)14-17;1-2-10-30-11-13-31(14-12-30)25-28-16-22(34-21-8-6-19(7-9-21)23(27)32)24(29-25)33-17-18-4-3-5-20(26)15-18/h1,3-7,13-15H,8-12,16H2,(H2,31,36);1,3-8,14-15H,9-13,16H2,(H2,28,33);1,3-9,15-16H,10-14,17H2,(H2,27,32). The topological polar surface area (TPSA) is 254 Å². The largest absolute Gasteiger partial charge is 0.472 e. The average molecular weight is 1660 g/mol. The molecule has 6 aromatic carbocycles. The molecule has 107 heavy (non-hydrogen) atoms. The third-order valence-corrected chi connectivity index (χ3v) is 20.7. The highest BCUT2D eigenvalue weighted by Crippen LogP contribution is 2.41. The van der Waals surface area contributed by atoms with E-state index in [4.69, 9.17) is 83.9 Å². The Balaban J connectivity index is 0.000000172. The number of primary amides is 3. The second-order valence-corrected chi connectivity index (χ2v) is 29.4. The van der Waals surface area contributed by atoms with Crippen LogP contribution in [0.15, 0.2) is 181 Å².